The maximum Gasteiger partial charge on any atom is 0.137 e. The maximum atomic E-state index is 12.2. The number of ether oxygens (including phenoxy) is 1. The van der Waals surface area contributed by atoms with Crippen LogP contribution in [-0.2, 0) is 9.53 Å². The molecule has 0 aromatic rings. The van der Waals surface area contributed by atoms with E-state index in [1.54, 1.807) is 0 Å². The number of hydrogen-bond acceptors (Lipinski definition) is 4. The third-order valence-corrected chi connectivity index (χ3v) is 4.87. The van der Waals surface area contributed by atoms with Crippen LogP contribution in [0, 0.1) is 5.92 Å². The van der Waals surface area contributed by atoms with Gasteiger partial charge in [0.25, 0.3) is 0 Å². The first kappa shape index (κ1) is 13.4. The van der Waals surface area contributed by atoms with Gasteiger partial charge in [0, 0.05) is 30.2 Å². The fourth-order valence-corrected chi connectivity index (χ4v) is 4.14. The van der Waals surface area contributed by atoms with Gasteiger partial charge < -0.3 is 10.5 Å². The highest BCUT2D eigenvalue weighted by Crippen LogP contribution is 2.41. The number of Topliss-reactive ketones (excluding diaryl/α,β-unsaturated/α-hetero) is 1. The van der Waals surface area contributed by atoms with Crippen LogP contribution in [0.15, 0.2) is 0 Å². The molecule has 2 heterocycles. The van der Waals surface area contributed by atoms with E-state index in [-0.39, 0.29) is 17.1 Å². The Morgan fingerprint density at radius 1 is 1.59 bits per heavy atom. The molecule has 0 aliphatic carbocycles. The Morgan fingerprint density at radius 3 is 2.94 bits per heavy atom. The molecule has 2 atom stereocenters. The molecule has 0 aromatic carbocycles. The molecule has 17 heavy (non-hydrogen) atoms. The van der Waals surface area contributed by atoms with Gasteiger partial charge in [-0.3, -0.25) is 4.79 Å². The van der Waals surface area contributed by atoms with Crippen molar-refractivity contribution in [2.45, 2.75) is 50.7 Å². The van der Waals surface area contributed by atoms with Gasteiger partial charge in [0.15, 0.2) is 0 Å². The van der Waals surface area contributed by atoms with Crippen LogP contribution in [0.4, 0.5) is 0 Å². The van der Waals surface area contributed by atoms with Crippen LogP contribution in [0.3, 0.4) is 0 Å². The van der Waals surface area contributed by atoms with Crippen molar-refractivity contribution >= 4 is 17.5 Å². The number of ketones is 1. The highest BCUT2D eigenvalue weighted by atomic mass is 32.2. The van der Waals surface area contributed by atoms with Crippen LogP contribution in [0.25, 0.3) is 0 Å². The van der Waals surface area contributed by atoms with Crippen molar-refractivity contribution in [1.29, 1.82) is 0 Å². The SMILES string of the molecule is CC(C)(N)CC(=O)C1CCOC2(CCSC2)C1. The zero-order valence-electron chi connectivity index (χ0n) is 10.8. The van der Waals surface area contributed by atoms with Crippen molar-refractivity contribution in [3.8, 4) is 0 Å². The van der Waals surface area contributed by atoms with Gasteiger partial charge in [0.2, 0.25) is 0 Å². The van der Waals surface area contributed by atoms with Gasteiger partial charge in [-0.25, -0.2) is 0 Å². The Hall–Kier alpha value is -0.0600. The van der Waals surface area contributed by atoms with E-state index >= 15 is 0 Å². The second-order valence-corrected chi connectivity index (χ2v) is 7.26. The Morgan fingerprint density at radius 2 is 2.35 bits per heavy atom. The van der Waals surface area contributed by atoms with Gasteiger partial charge in [-0.1, -0.05) is 0 Å². The third kappa shape index (κ3) is 3.46. The van der Waals surface area contributed by atoms with Crippen LogP contribution < -0.4 is 5.73 Å². The minimum atomic E-state index is -0.382. The van der Waals surface area contributed by atoms with Gasteiger partial charge in [-0.05, 0) is 38.9 Å². The van der Waals surface area contributed by atoms with E-state index in [9.17, 15) is 4.79 Å². The number of thioether (sulfide) groups is 1. The second kappa shape index (κ2) is 4.90. The van der Waals surface area contributed by atoms with Crippen molar-refractivity contribution in [3.05, 3.63) is 0 Å². The van der Waals surface area contributed by atoms with Gasteiger partial charge in [0.1, 0.15) is 5.78 Å². The van der Waals surface area contributed by atoms with Crippen molar-refractivity contribution < 1.29 is 9.53 Å². The molecule has 2 rings (SSSR count). The second-order valence-electron chi connectivity index (χ2n) is 6.16. The summed E-state index contributed by atoms with van der Waals surface area (Å²) in [6.45, 7) is 4.58. The zero-order chi connectivity index (χ0) is 12.5. The van der Waals surface area contributed by atoms with E-state index in [1.165, 1.54) is 5.75 Å². The van der Waals surface area contributed by atoms with E-state index in [4.69, 9.17) is 10.5 Å². The van der Waals surface area contributed by atoms with Gasteiger partial charge in [-0.15, -0.1) is 0 Å². The molecule has 0 bridgehead atoms. The van der Waals surface area contributed by atoms with Crippen LogP contribution in [-0.4, -0.2) is 35.0 Å². The molecule has 0 aromatic heterocycles. The van der Waals surface area contributed by atoms with Crippen LogP contribution in [0.2, 0.25) is 0 Å². The predicted octanol–water partition coefficient (Wildman–Crippen LogP) is 1.99. The quantitative estimate of drug-likeness (QED) is 0.840. The Bertz CT molecular complexity index is 292. The standard InChI is InChI=1S/C13H23NO2S/c1-12(2,14)8-11(15)10-3-5-16-13(7-10)4-6-17-9-13/h10H,3-9,14H2,1-2H3. The number of carbonyl (C=O) groups excluding carboxylic acids is 1. The number of rotatable bonds is 3. The fourth-order valence-electron chi connectivity index (χ4n) is 2.76. The van der Waals surface area contributed by atoms with E-state index in [2.05, 4.69) is 0 Å². The maximum absolute atomic E-state index is 12.2. The monoisotopic (exact) mass is 257 g/mol. The molecule has 2 unspecified atom stereocenters. The fraction of sp³-hybridized carbons (Fsp3) is 0.923. The molecular weight excluding hydrogens is 234 g/mol. The minimum absolute atomic E-state index is 0.00197. The molecule has 2 aliphatic rings. The van der Waals surface area contributed by atoms with E-state index in [1.807, 2.05) is 25.6 Å². The highest BCUT2D eigenvalue weighted by Gasteiger charge is 2.42. The van der Waals surface area contributed by atoms with Gasteiger partial charge in [0.05, 0.1) is 5.60 Å². The first-order chi connectivity index (χ1) is 7.90. The summed E-state index contributed by atoms with van der Waals surface area (Å²) in [5.41, 5.74) is 5.55. The molecule has 2 fully saturated rings. The van der Waals surface area contributed by atoms with Crippen LogP contribution in [0.1, 0.15) is 39.5 Å². The average Bonchev–Trinajstić information content (AvgIpc) is 2.64. The summed E-state index contributed by atoms with van der Waals surface area (Å²) < 4.78 is 5.93. The molecule has 1 spiro atoms. The lowest BCUT2D eigenvalue weighted by atomic mass is 9.80. The lowest BCUT2D eigenvalue weighted by molar-refractivity contribution is -0.134. The summed E-state index contributed by atoms with van der Waals surface area (Å²) in [5, 5.41) is 0. The lowest BCUT2D eigenvalue weighted by Gasteiger charge is -2.37. The summed E-state index contributed by atoms with van der Waals surface area (Å²) in [5.74, 6) is 2.73. The summed E-state index contributed by atoms with van der Waals surface area (Å²) in [6, 6.07) is 0. The molecular formula is C13H23NO2S. The first-order valence-corrected chi connectivity index (χ1v) is 7.59. The van der Waals surface area contributed by atoms with Crippen molar-refractivity contribution in [3.63, 3.8) is 0 Å². The molecule has 4 heteroatoms. The Labute approximate surface area is 108 Å². The molecule has 0 amide bonds. The molecule has 0 radical (unpaired) electrons. The third-order valence-electron chi connectivity index (χ3n) is 3.65. The van der Waals surface area contributed by atoms with Crippen LogP contribution >= 0.6 is 11.8 Å². The largest absolute Gasteiger partial charge is 0.374 e. The molecule has 2 aliphatic heterocycles. The number of nitrogens with two attached hydrogens (primary N) is 1. The summed E-state index contributed by atoms with van der Waals surface area (Å²) in [7, 11) is 0. The zero-order valence-corrected chi connectivity index (χ0v) is 11.6. The highest BCUT2D eigenvalue weighted by molar-refractivity contribution is 7.99. The Balaban J connectivity index is 1.95. The summed E-state index contributed by atoms with van der Waals surface area (Å²) in [4.78, 5) is 12.2. The topological polar surface area (TPSA) is 52.3 Å². The van der Waals surface area contributed by atoms with Gasteiger partial charge >= 0.3 is 0 Å². The smallest absolute Gasteiger partial charge is 0.137 e. The predicted molar refractivity (Wildman–Crippen MR) is 71.2 cm³/mol. The Kier molecular flexibility index (Phi) is 3.86. The summed E-state index contributed by atoms with van der Waals surface area (Å²) >= 11 is 1.95. The van der Waals surface area contributed by atoms with E-state index < -0.39 is 0 Å². The normalized spacial score (nSPS) is 34.2. The lowest BCUT2D eigenvalue weighted by Crippen LogP contribution is -2.44. The van der Waals surface area contributed by atoms with Crippen molar-refractivity contribution in [2.24, 2.45) is 11.7 Å². The molecule has 98 valence electrons. The van der Waals surface area contributed by atoms with E-state index in [0.717, 1.165) is 31.6 Å². The number of carbonyl (C=O) groups is 1. The summed E-state index contributed by atoms with van der Waals surface area (Å²) in [6.07, 6.45) is 3.38. The first-order valence-electron chi connectivity index (χ1n) is 6.44. The van der Waals surface area contributed by atoms with Crippen molar-refractivity contribution in [2.75, 3.05) is 18.1 Å². The number of hydrogen-bond donors (Lipinski definition) is 1. The average molecular weight is 257 g/mol. The molecule has 3 nitrogen and oxygen atoms in total. The van der Waals surface area contributed by atoms with Gasteiger partial charge in [-0.2, -0.15) is 11.8 Å². The molecule has 0 saturated carbocycles. The molecule has 2 N–H and O–H groups in total. The van der Waals surface area contributed by atoms with Crippen LogP contribution in [0.5, 0.6) is 0 Å². The van der Waals surface area contributed by atoms with Crippen molar-refractivity contribution in [1.82, 2.24) is 0 Å². The minimum Gasteiger partial charge on any atom is -0.374 e. The molecule has 2 saturated heterocycles. The van der Waals surface area contributed by atoms with E-state index in [0.29, 0.717) is 12.2 Å².